The van der Waals surface area contributed by atoms with Crippen LogP contribution in [0.25, 0.3) is 0 Å². The number of likely N-dealkylation sites (tertiary alicyclic amines) is 1. The lowest BCUT2D eigenvalue weighted by atomic mass is 9.90. The molecule has 1 fully saturated rings. The third-order valence-corrected chi connectivity index (χ3v) is 4.75. The smallest absolute Gasteiger partial charge is 0.252 e. The molecule has 1 aromatic heterocycles. The molecule has 0 unspecified atom stereocenters. The SMILES string of the molecule is N#Cc1ncn(CC(=O)N2CC[C@@]3(CCc4ccccc4O3)C2)n1. The van der Waals surface area contributed by atoms with E-state index in [1.165, 1.54) is 16.6 Å². The Hall–Kier alpha value is -2.88. The number of hydrogen-bond acceptors (Lipinski definition) is 5. The van der Waals surface area contributed by atoms with Crippen molar-refractivity contribution in [2.24, 2.45) is 0 Å². The van der Waals surface area contributed by atoms with E-state index < -0.39 is 0 Å². The average molecular weight is 323 g/mol. The Balaban J connectivity index is 1.43. The van der Waals surface area contributed by atoms with Crippen molar-refractivity contribution in [3.05, 3.63) is 42.0 Å². The Morgan fingerprint density at radius 1 is 1.38 bits per heavy atom. The number of benzene rings is 1. The second-order valence-electron chi connectivity index (χ2n) is 6.34. The van der Waals surface area contributed by atoms with Gasteiger partial charge in [-0.15, -0.1) is 5.10 Å². The number of amides is 1. The minimum Gasteiger partial charge on any atom is -0.485 e. The van der Waals surface area contributed by atoms with Gasteiger partial charge >= 0.3 is 0 Å². The highest BCUT2D eigenvalue weighted by atomic mass is 16.5. The summed E-state index contributed by atoms with van der Waals surface area (Å²) in [5, 5.41) is 12.7. The standard InChI is InChI=1S/C17H17N5O2/c18-9-15-19-12-22(20-15)10-16(23)21-8-7-17(11-21)6-5-13-3-1-2-4-14(13)24-17/h1-4,12H,5-8,10-11H2/t17-/m0/s1. The summed E-state index contributed by atoms with van der Waals surface area (Å²) >= 11 is 0. The lowest BCUT2D eigenvalue weighted by molar-refractivity contribution is -0.131. The number of rotatable bonds is 2. The first-order chi connectivity index (χ1) is 11.7. The number of aromatic nitrogens is 3. The van der Waals surface area contributed by atoms with Crippen molar-refractivity contribution in [3.63, 3.8) is 0 Å². The monoisotopic (exact) mass is 323 g/mol. The molecule has 0 aliphatic carbocycles. The molecule has 7 heteroatoms. The van der Waals surface area contributed by atoms with Crippen LogP contribution < -0.4 is 4.74 Å². The molecule has 2 aromatic rings. The number of para-hydroxylation sites is 1. The summed E-state index contributed by atoms with van der Waals surface area (Å²) in [5.74, 6) is 0.990. The zero-order valence-electron chi connectivity index (χ0n) is 13.2. The fourth-order valence-electron chi connectivity index (χ4n) is 3.46. The molecule has 4 rings (SSSR count). The molecule has 7 nitrogen and oxygen atoms in total. The molecule has 0 saturated carbocycles. The summed E-state index contributed by atoms with van der Waals surface area (Å²) in [7, 11) is 0. The van der Waals surface area contributed by atoms with Crippen molar-refractivity contribution in [1.29, 1.82) is 5.26 Å². The number of nitrogens with zero attached hydrogens (tertiary/aromatic N) is 5. The van der Waals surface area contributed by atoms with Gasteiger partial charge in [0.2, 0.25) is 5.91 Å². The van der Waals surface area contributed by atoms with Crippen molar-refractivity contribution in [1.82, 2.24) is 19.7 Å². The Bertz CT molecular complexity index is 824. The van der Waals surface area contributed by atoms with Crippen LogP contribution >= 0.6 is 0 Å². The molecule has 0 bridgehead atoms. The third kappa shape index (κ3) is 2.60. The number of aryl methyl sites for hydroxylation is 1. The van der Waals surface area contributed by atoms with Gasteiger partial charge in [0.05, 0.1) is 6.54 Å². The molecular formula is C17H17N5O2. The zero-order chi connectivity index (χ0) is 16.6. The normalized spacial score (nSPS) is 22.0. The largest absolute Gasteiger partial charge is 0.485 e. The summed E-state index contributed by atoms with van der Waals surface area (Å²) in [6.45, 7) is 1.38. The maximum Gasteiger partial charge on any atom is 0.252 e. The van der Waals surface area contributed by atoms with Crippen LogP contribution in [0.4, 0.5) is 0 Å². The minimum absolute atomic E-state index is 0.0243. The van der Waals surface area contributed by atoms with Crippen molar-refractivity contribution < 1.29 is 9.53 Å². The van der Waals surface area contributed by atoms with E-state index in [9.17, 15) is 4.79 Å². The van der Waals surface area contributed by atoms with E-state index in [-0.39, 0.29) is 23.9 Å². The van der Waals surface area contributed by atoms with Crippen LogP contribution in [-0.4, -0.2) is 44.3 Å². The van der Waals surface area contributed by atoms with Gasteiger partial charge in [-0.3, -0.25) is 4.79 Å². The molecular weight excluding hydrogens is 306 g/mol. The molecule has 122 valence electrons. The summed E-state index contributed by atoms with van der Waals surface area (Å²) in [4.78, 5) is 18.1. The van der Waals surface area contributed by atoms with Crippen molar-refractivity contribution in [3.8, 4) is 11.8 Å². The maximum atomic E-state index is 12.5. The van der Waals surface area contributed by atoms with Gasteiger partial charge in [0.1, 0.15) is 30.3 Å². The summed E-state index contributed by atoms with van der Waals surface area (Å²) in [5.41, 5.74) is 0.962. The van der Waals surface area contributed by atoms with Crippen molar-refractivity contribution in [2.75, 3.05) is 13.1 Å². The van der Waals surface area contributed by atoms with E-state index in [4.69, 9.17) is 10.00 Å². The van der Waals surface area contributed by atoms with E-state index in [0.717, 1.165) is 25.0 Å². The highest BCUT2D eigenvalue weighted by Crippen LogP contribution is 2.38. The van der Waals surface area contributed by atoms with E-state index in [1.54, 1.807) is 0 Å². The molecule has 1 amide bonds. The summed E-state index contributed by atoms with van der Waals surface area (Å²) in [6, 6.07) is 9.96. The van der Waals surface area contributed by atoms with E-state index in [1.807, 2.05) is 29.2 Å². The lowest BCUT2D eigenvalue weighted by Crippen LogP contribution is -2.44. The Morgan fingerprint density at radius 2 is 2.25 bits per heavy atom. The predicted octanol–water partition coefficient (Wildman–Crippen LogP) is 1.15. The van der Waals surface area contributed by atoms with Gasteiger partial charge < -0.3 is 9.64 Å². The topological polar surface area (TPSA) is 84.0 Å². The first kappa shape index (κ1) is 14.7. The summed E-state index contributed by atoms with van der Waals surface area (Å²) in [6.07, 6.45) is 4.16. The molecule has 3 heterocycles. The fraction of sp³-hybridized carbons (Fsp3) is 0.412. The molecule has 2 aliphatic heterocycles. The number of carbonyl (C=O) groups excluding carboxylic acids is 1. The number of carbonyl (C=O) groups is 1. The number of nitriles is 1. The van der Waals surface area contributed by atoms with E-state index in [2.05, 4.69) is 16.1 Å². The van der Waals surface area contributed by atoms with Crippen LogP contribution in [-0.2, 0) is 17.8 Å². The third-order valence-electron chi connectivity index (χ3n) is 4.75. The van der Waals surface area contributed by atoms with Crippen LogP contribution in [0.2, 0.25) is 0 Å². The molecule has 1 aromatic carbocycles. The molecule has 1 saturated heterocycles. The van der Waals surface area contributed by atoms with E-state index in [0.29, 0.717) is 13.1 Å². The average Bonchev–Trinajstić information content (AvgIpc) is 3.22. The molecule has 0 N–H and O–H groups in total. The van der Waals surface area contributed by atoms with Crippen molar-refractivity contribution in [2.45, 2.75) is 31.4 Å². The molecule has 0 radical (unpaired) electrons. The zero-order valence-corrected chi connectivity index (χ0v) is 13.2. The lowest BCUT2D eigenvalue weighted by Gasteiger charge is -2.35. The van der Waals surface area contributed by atoms with Gasteiger partial charge in [-0.1, -0.05) is 18.2 Å². The summed E-state index contributed by atoms with van der Waals surface area (Å²) < 4.78 is 7.67. The number of fused-ring (bicyclic) bond motifs is 1. The first-order valence-corrected chi connectivity index (χ1v) is 8.02. The Kier molecular flexibility index (Phi) is 3.45. The Labute approximate surface area is 139 Å². The molecule has 24 heavy (non-hydrogen) atoms. The van der Waals surface area contributed by atoms with Crippen LogP contribution in [0.1, 0.15) is 24.2 Å². The van der Waals surface area contributed by atoms with Gasteiger partial charge in [0.15, 0.2) is 0 Å². The van der Waals surface area contributed by atoms with Crippen LogP contribution in [0.15, 0.2) is 30.6 Å². The Morgan fingerprint density at radius 3 is 3.08 bits per heavy atom. The highest BCUT2D eigenvalue weighted by molar-refractivity contribution is 5.76. The quantitative estimate of drug-likeness (QED) is 0.827. The van der Waals surface area contributed by atoms with Crippen LogP contribution in [0.5, 0.6) is 5.75 Å². The highest BCUT2D eigenvalue weighted by Gasteiger charge is 2.43. The van der Waals surface area contributed by atoms with Gasteiger partial charge in [-0.05, 0) is 24.5 Å². The minimum atomic E-state index is -0.274. The predicted molar refractivity (Wildman–Crippen MR) is 84.1 cm³/mol. The second kappa shape index (κ2) is 5.64. The maximum absolute atomic E-state index is 12.5. The van der Waals surface area contributed by atoms with Crippen LogP contribution in [0, 0.1) is 11.3 Å². The first-order valence-electron chi connectivity index (χ1n) is 8.02. The molecule has 1 spiro atoms. The number of hydrogen-bond donors (Lipinski definition) is 0. The van der Waals surface area contributed by atoms with Crippen LogP contribution in [0.3, 0.4) is 0 Å². The molecule has 1 atom stereocenters. The second-order valence-corrected chi connectivity index (χ2v) is 6.34. The van der Waals surface area contributed by atoms with Gasteiger partial charge in [0, 0.05) is 13.0 Å². The van der Waals surface area contributed by atoms with E-state index >= 15 is 0 Å². The van der Waals surface area contributed by atoms with Gasteiger partial charge in [0.25, 0.3) is 5.82 Å². The fourth-order valence-corrected chi connectivity index (χ4v) is 3.46. The van der Waals surface area contributed by atoms with Gasteiger partial charge in [-0.25, -0.2) is 9.67 Å². The molecule has 2 aliphatic rings. The van der Waals surface area contributed by atoms with Crippen molar-refractivity contribution >= 4 is 5.91 Å². The van der Waals surface area contributed by atoms with Gasteiger partial charge in [-0.2, -0.15) is 5.26 Å². The number of ether oxygens (including phenoxy) is 1.